The lowest BCUT2D eigenvalue weighted by atomic mass is 9.84. The predicted octanol–water partition coefficient (Wildman–Crippen LogP) is 2.46. The number of guanidine groups is 1. The van der Waals surface area contributed by atoms with E-state index in [0.717, 1.165) is 29.4 Å². The van der Waals surface area contributed by atoms with Gasteiger partial charge in [0.15, 0.2) is 17.6 Å². The predicted molar refractivity (Wildman–Crippen MR) is 102 cm³/mol. The van der Waals surface area contributed by atoms with Gasteiger partial charge in [-0.1, -0.05) is 6.07 Å². The van der Waals surface area contributed by atoms with E-state index in [1.54, 1.807) is 0 Å². The fourth-order valence-corrected chi connectivity index (χ4v) is 3.36. The van der Waals surface area contributed by atoms with E-state index in [0.29, 0.717) is 0 Å². The third kappa shape index (κ3) is 3.18. The Morgan fingerprint density at radius 3 is 2.45 bits per heavy atom. The Hall–Kier alpha value is -3.89. The van der Waals surface area contributed by atoms with E-state index in [1.807, 2.05) is 0 Å². The largest absolute Gasteiger partial charge is 0.369 e. The van der Waals surface area contributed by atoms with Crippen LogP contribution in [0, 0.1) is 17.7 Å². The quantitative estimate of drug-likeness (QED) is 0.507. The van der Waals surface area contributed by atoms with Crippen molar-refractivity contribution in [1.82, 2.24) is 19.9 Å². The average molecular weight is 430 g/mol. The van der Waals surface area contributed by atoms with Crippen LogP contribution in [0.15, 0.2) is 47.7 Å². The summed E-state index contributed by atoms with van der Waals surface area (Å²) in [7, 11) is 1.36. The van der Waals surface area contributed by atoms with Gasteiger partial charge in [-0.2, -0.15) is 4.39 Å². The van der Waals surface area contributed by atoms with E-state index >= 15 is 0 Å². The van der Waals surface area contributed by atoms with Gasteiger partial charge in [0.2, 0.25) is 5.54 Å². The summed E-state index contributed by atoms with van der Waals surface area (Å²) in [5.74, 6) is -3.43. The van der Waals surface area contributed by atoms with E-state index in [4.69, 9.17) is 5.73 Å². The van der Waals surface area contributed by atoms with Crippen molar-refractivity contribution in [3.8, 4) is 11.1 Å². The van der Waals surface area contributed by atoms with Gasteiger partial charge >= 0.3 is 6.08 Å². The Labute approximate surface area is 173 Å². The van der Waals surface area contributed by atoms with Crippen LogP contribution < -0.4 is 5.73 Å². The molecule has 4 rings (SSSR count). The van der Waals surface area contributed by atoms with Crippen molar-refractivity contribution in [2.24, 2.45) is 10.7 Å². The SMILES string of the molecule is CN1C(=O)C(c2cc(F)c(F)c(-c3cnc(F)nc3)c2)(c2cccc(CF)n2)N=C1N. The number of pyridine rings is 1. The molecule has 11 heteroatoms. The minimum atomic E-state index is -1.98. The van der Waals surface area contributed by atoms with Gasteiger partial charge in [-0.3, -0.25) is 14.7 Å². The lowest BCUT2D eigenvalue weighted by Crippen LogP contribution is -2.41. The minimum Gasteiger partial charge on any atom is -0.369 e. The van der Waals surface area contributed by atoms with Crippen molar-refractivity contribution in [2.75, 3.05) is 7.05 Å². The standard InChI is InChI=1S/C20H14F4N6O/c1-30-17(31)20(29-19(30)25,15-4-2-3-12(7-21)28-15)11-5-13(16(23)14(22)6-11)10-8-26-18(24)27-9-10/h2-6,8-9H,7H2,1H3,(H2,25,29). The highest BCUT2D eigenvalue weighted by molar-refractivity contribution is 6.08. The zero-order valence-electron chi connectivity index (χ0n) is 16.0. The summed E-state index contributed by atoms with van der Waals surface area (Å²) in [5.41, 5.74) is 3.40. The third-order valence-corrected chi connectivity index (χ3v) is 4.93. The van der Waals surface area contributed by atoms with Crippen LogP contribution in [0.3, 0.4) is 0 Å². The molecule has 0 fully saturated rings. The second-order valence-electron chi connectivity index (χ2n) is 6.75. The molecule has 2 N–H and O–H groups in total. The lowest BCUT2D eigenvalue weighted by Gasteiger charge is -2.26. The first-order chi connectivity index (χ1) is 14.8. The van der Waals surface area contributed by atoms with Crippen LogP contribution in [-0.4, -0.2) is 38.8 Å². The number of aliphatic imine (C=N–C) groups is 1. The number of nitrogens with two attached hydrogens (primary N) is 1. The maximum Gasteiger partial charge on any atom is 0.308 e. The number of amides is 1. The Morgan fingerprint density at radius 1 is 1.13 bits per heavy atom. The van der Waals surface area contributed by atoms with Gasteiger partial charge in [0, 0.05) is 30.6 Å². The molecule has 2 aromatic heterocycles. The zero-order valence-corrected chi connectivity index (χ0v) is 16.0. The van der Waals surface area contributed by atoms with Crippen LogP contribution in [0.4, 0.5) is 17.6 Å². The van der Waals surface area contributed by atoms with Crippen LogP contribution in [-0.2, 0) is 17.0 Å². The molecule has 7 nitrogen and oxygen atoms in total. The summed E-state index contributed by atoms with van der Waals surface area (Å²) >= 11 is 0. The minimum absolute atomic E-state index is 0.0164. The number of benzene rings is 1. The molecule has 31 heavy (non-hydrogen) atoms. The summed E-state index contributed by atoms with van der Waals surface area (Å²) in [6, 6.07) is 6.23. The molecule has 0 saturated carbocycles. The maximum absolute atomic E-state index is 14.6. The number of carbonyl (C=O) groups excluding carboxylic acids is 1. The van der Waals surface area contributed by atoms with Crippen LogP contribution in [0.5, 0.6) is 0 Å². The summed E-state index contributed by atoms with van der Waals surface area (Å²) in [5, 5.41) is 0. The van der Waals surface area contributed by atoms with E-state index in [1.165, 1.54) is 25.2 Å². The van der Waals surface area contributed by atoms with Crippen molar-refractivity contribution >= 4 is 11.9 Å². The molecule has 1 atom stereocenters. The number of aromatic nitrogens is 3. The Bertz CT molecular complexity index is 1220. The summed E-state index contributed by atoms with van der Waals surface area (Å²) < 4.78 is 55.6. The van der Waals surface area contributed by atoms with Crippen molar-refractivity contribution in [3.05, 3.63) is 77.4 Å². The van der Waals surface area contributed by atoms with E-state index in [-0.39, 0.29) is 34.0 Å². The number of likely N-dealkylation sites (N-methyl/N-ethyl adjacent to an activating group) is 1. The molecule has 0 bridgehead atoms. The summed E-state index contributed by atoms with van der Waals surface area (Å²) in [4.78, 5) is 29.3. The maximum atomic E-state index is 14.6. The van der Waals surface area contributed by atoms with Gasteiger partial charge in [0.25, 0.3) is 5.91 Å². The Morgan fingerprint density at radius 2 is 1.84 bits per heavy atom. The van der Waals surface area contributed by atoms with Crippen molar-refractivity contribution < 1.29 is 22.4 Å². The van der Waals surface area contributed by atoms with Gasteiger partial charge in [0.05, 0.1) is 11.4 Å². The topological polar surface area (TPSA) is 97.4 Å². The molecule has 158 valence electrons. The molecule has 1 amide bonds. The highest BCUT2D eigenvalue weighted by Crippen LogP contribution is 2.41. The van der Waals surface area contributed by atoms with E-state index < -0.39 is 35.8 Å². The van der Waals surface area contributed by atoms with Crippen molar-refractivity contribution in [3.63, 3.8) is 0 Å². The zero-order chi connectivity index (χ0) is 22.3. The van der Waals surface area contributed by atoms with Crippen molar-refractivity contribution in [2.45, 2.75) is 12.2 Å². The van der Waals surface area contributed by atoms with Crippen LogP contribution in [0.25, 0.3) is 11.1 Å². The van der Waals surface area contributed by atoms with Crippen LogP contribution in [0.2, 0.25) is 0 Å². The molecule has 0 aliphatic carbocycles. The number of alkyl halides is 1. The molecule has 0 radical (unpaired) electrons. The first kappa shape index (κ1) is 20.4. The highest BCUT2D eigenvalue weighted by atomic mass is 19.2. The monoisotopic (exact) mass is 430 g/mol. The van der Waals surface area contributed by atoms with Crippen LogP contribution >= 0.6 is 0 Å². The Kier molecular flexibility index (Phi) is 4.88. The smallest absolute Gasteiger partial charge is 0.308 e. The second kappa shape index (κ2) is 7.42. The molecule has 3 heterocycles. The fourth-order valence-electron chi connectivity index (χ4n) is 3.36. The third-order valence-electron chi connectivity index (χ3n) is 4.93. The van der Waals surface area contributed by atoms with Gasteiger partial charge in [-0.25, -0.2) is 28.1 Å². The number of nitrogens with zero attached hydrogens (tertiary/aromatic N) is 5. The fraction of sp³-hybridized carbons (Fsp3) is 0.150. The molecule has 1 aliphatic rings. The lowest BCUT2D eigenvalue weighted by molar-refractivity contribution is -0.129. The molecule has 1 unspecified atom stereocenters. The molecular formula is C20H14F4N6O. The Balaban J connectivity index is 2.01. The molecule has 0 spiro atoms. The highest BCUT2D eigenvalue weighted by Gasteiger charge is 2.51. The number of hydrogen-bond donors (Lipinski definition) is 1. The molecular weight excluding hydrogens is 416 g/mol. The number of hydrogen-bond acceptors (Lipinski definition) is 6. The number of carbonyl (C=O) groups is 1. The number of halogens is 4. The summed E-state index contributed by atoms with van der Waals surface area (Å²) in [6.45, 7) is -0.914. The summed E-state index contributed by atoms with van der Waals surface area (Å²) in [6.07, 6.45) is 0.895. The second-order valence-corrected chi connectivity index (χ2v) is 6.75. The molecule has 3 aromatic rings. The van der Waals surface area contributed by atoms with Gasteiger partial charge in [-0.15, -0.1) is 0 Å². The van der Waals surface area contributed by atoms with Crippen LogP contribution in [0.1, 0.15) is 17.0 Å². The van der Waals surface area contributed by atoms with Crippen molar-refractivity contribution in [1.29, 1.82) is 0 Å². The van der Waals surface area contributed by atoms with Gasteiger partial charge in [-0.05, 0) is 29.8 Å². The molecule has 0 saturated heterocycles. The first-order valence-electron chi connectivity index (χ1n) is 8.91. The molecule has 1 aliphatic heterocycles. The van der Waals surface area contributed by atoms with E-state index in [9.17, 15) is 22.4 Å². The normalized spacial score (nSPS) is 18.4. The first-order valence-corrected chi connectivity index (χ1v) is 8.91. The molecule has 1 aromatic carbocycles. The average Bonchev–Trinajstić information content (AvgIpc) is 3.01. The van der Waals surface area contributed by atoms with Gasteiger partial charge in [0.1, 0.15) is 6.67 Å². The van der Waals surface area contributed by atoms with Gasteiger partial charge < -0.3 is 5.73 Å². The number of rotatable bonds is 4. The van der Waals surface area contributed by atoms with E-state index in [2.05, 4.69) is 19.9 Å².